The molecule has 8 heteroatoms. The number of aromatic nitrogens is 1. The van der Waals surface area contributed by atoms with Gasteiger partial charge >= 0.3 is 0 Å². The van der Waals surface area contributed by atoms with Crippen molar-refractivity contribution in [1.29, 1.82) is 0 Å². The Morgan fingerprint density at radius 3 is 2.66 bits per heavy atom. The zero-order chi connectivity index (χ0) is 20.8. The van der Waals surface area contributed by atoms with E-state index in [-0.39, 0.29) is 11.7 Å². The van der Waals surface area contributed by atoms with E-state index in [1.807, 2.05) is 32.3 Å². The summed E-state index contributed by atoms with van der Waals surface area (Å²) in [6, 6.07) is 12.4. The van der Waals surface area contributed by atoms with Gasteiger partial charge in [-0.15, -0.1) is 11.8 Å². The van der Waals surface area contributed by atoms with Crippen molar-refractivity contribution >= 4 is 60.3 Å². The maximum atomic E-state index is 13.0. The molecule has 0 aliphatic rings. The van der Waals surface area contributed by atoms with Gasteiger partial charge in [-0.1, -0.05) is 27.3 Å². The van der Waals surface area contributed by atoms with E-state index < -0.39 is 0 Å². The molecule has 0 saturated heterocycles. The molecule has 0 radical (unpaired) electrons. The van der Waals surface area contributed by atoms with Crippen molar-refractivity contribution in [3.63, 3.8) is 0 Å². The first kappa shape index (κ1) is 22.2. The SMILES string of the molecule is CN(C)CCN(C(=O)CCCSc1ccc(F)cc1)c1nc2ccc(Br)cc2s1. The number of rotatable bonds is 9. The molecule has 0 unspecified atom stereocenters. The summed E-state index contributed by atoms with van der Waals surface area (Å²) in [4.78, 5) is 22.5. The van der Waals surface area contributed by atoms with Crippen LogP contribution in [0.1, 0.15) is 12.8 Å². The van der Waals surface area contributed by atoms with Crippen LogP contribution in [0.2, 0.25) is 0 Å². The maximum Gasteiger partial charge on any atom is 0.228 e. The molecule has 3 aromatic rings. The number of hydrogen-bond donors (Lipinski definition) is 0. The van der Waals surface area contributed by atoms with Crippen LogP contribution in [0.15, 0.2) is 51.8 Å². The van der Waals surface area contributed by atoms with Gasteiger partial charge in [0.05, 0.1) is 10.2 Å². The second kappa shape index (κ2) is 10.5. The Morgan fingerprint density at radius 1 is 1.17 bits per heavy atom. The minimum absolute atomic E-state index is 0.0877. The molecule has 0 fully saturated rings. The van der Waals surface area contributed by atoms with Crippen LogP contribution < -0.4 is 4.90 Å². The number of likely N-dealkylation sites (N-methyl/N-ethyl adjacent to an activating group) is 1. The van der Waals surface area contributed by atoms with Crippen molar-refractivity contribution in [2.75, 3.05) is 37.8 Å². The van der Waals surface area contributed by atoms with Crippen molar-refractivity contribution in [1.82, 2.24) is 9.88 Å². The van der Waals surface area contributed by atoms with Crippen molar-refractivity contribution in [2.24, 2.45) is 0 Å². The fourth-order valence-corrected chi connectivity index (χ4v) is 5.12. The molecule has 0 aliphatic carbocycles. The van der Waals surface area contributed by atoms with Gasteiger partial charge in [0.2, 0.25) is 5.91 Å². The molecule has 154 valence electrons. The summed E-state index contributed by atoms with van der Waals surface area (Å²) >= 11 is 6.67. The number of thiazole rings is 1. The number of fused-ring (bicyclic) bond motifs is 1. The number of anilines is 1. The Balaban J connectivity index is 1.63. The molecule has 2 aromatic carbocycles. The monoisotopic (exact) mass is 495 g/mol. The Hall–Kier alpha value is -1.48. The van der Waals surface area contributed by atoms with Crippen LogP contribution >= 0.6 is 39.0 Å². The van der Waals surface area contributed by atoms with E-state index in [0.29, 0.717) is 13.0 Å². The van der Waals surface area contributed by atoms with E-state index in [9.17, 15) is 9.18 Å². The number of nitrogens with zero attached hydrogens (tertiary/aromatic N) is 3. The van der Waals surface area contributed by atoms with Gasteiger partial charge in [0.25, 0.3) is 0 Å². The number of carbonyl (C=O) groups excluding carboxylic acids is 1. The Morgan fingerprint density at radius 2 is 1.93 bits per heavy atom. The van der Waals surface area contributed by atoms with Crippen LogP contribution in [0.4, 0.5) is 9.52 Å². The Kier molecular flexibility index (Phi) is 8.06. The van der Waals surface area contributed by atoms with Crippen molar-refractivity contribution in [2.45, 2.75) is 17.7 Å². The first-order valence-corrected chi connectivity index (χ1v) is 11.9. The molecule has 0 bridgehead atoms. The predicted molar refractivity (Wildman–Crippen MR) is 125 cm³/mol. The molecule has 0 aliphatic heterocycles. The van der Waals surface area contributed by atoms with Crippen molar-refractivity contribution in [3.05, 3.63) is 52.8 Å². The van der Waals surface area contributed by atoms with Crippen molar-refractivity contribution in [3.8, 4) is 0 Å². The maximum absolute atomic E-state index is 13.0. The topological polar surface area (TPSA) is 36.4 Å². The highest BCUT2D eigenvalue weighted by Crippen LogP contribution is 2.31. The zero-order valence-electron chi connectivity index (χ0n) is 16.4. The average molecular weight is 496 g/mol. The van der Waals surface area contributed by atoms with Crippen LogP contribution in [0.3, 0.4) is 0 Å². The fraction of sp³-hybridized carbons (Fsp3) is 0.333. The summed E-state index contributed by atoms with van der Waals surface area (Å²) in [6.07, 6.45) is 1.22. The summed E-state index contributed by atoms with van der Waals surface area (Å²) in [7, 11) is 3.99. The molecule has 1 heterocycles. The lowest BCUT2D eigenvalue weighted by Gasteiger charge is -2.22. The molecule has 0 spiro atoms. The number of halogens is 2. The predicted octanol–water partition coefficient (Wildman–Crippen LogP) is 5.67. The molecular formula is C21H23BrFN3OS2. The molecule has 4 nitrogen and oxygen atoms in total. The van der Waals surface area contributed by atoms with Crippen LogP contribution in [-0.2, 0) is 4.79 Å². The largest absolute Gasteiger partial charge is 0.308 e. The lowest BCUT2D eigenvalue weighted by atomic mass is 10.3. The first-order valence-electron chi connectivity index (χ1n) is 9.32. The molecular weight excluding hydrogens is 473 g/mol. The van der Waals surface area contributed by atoms with E-state index in [4.69, 9.17) is 0 Å². The second-order valence-electron chi connectivity index (χ2n) is 6.86. The molecule has 1 aromatic heterocycles. The first-order chi connectivity index (χ1) is 13.9. The summed E-state index contributed by atoms with van der Waals surface area (Å²) in [5, 5.41) is 0.746. The van der Waals surface area contributed by atoms with E-state index in [2.05, 4.69) is 25.8 Å². The van der Waals surface area contributed by atoms with Gasteiger partial charge in [0.1, 0.15) is 5.82 Å². The van der Waals surface area contributed by atoms with Gasteiger partial charge in [0, 0.05) is 28.9 Å². The minimum Gasteiger partial charge on any atom is -0.308 e. The molecule has 0 N–H and O–H groups in total. The van der Waals surface area contributed by atoms with E-state index in [1.165, 1.54) is 12.1 Å². The van der Waals surface area contributed by atoms with Gasteiger partial charge in [-0.3, -0.25) is 9.69 Å². The lowest BCUT2D eigenvalue weighted by molar-refractivity contribution is -0.118. The van der Waals surface area contributed by atoms with Crippen LogP contribution in [0, 0.1) is 5.82 Å². The van der Waals surface area contributed by atoms with Gasteiger partial charge in [-0.05, 0) is 68.7 Å². The minimum atomic E-state index is -0.232. The average Bonchev–Trinajstić information content (AvgIpc) is 3.09. The van der Waals surface area contributed by atoms with Crippen LogP contribution in [-0.4, -0.2) is 48.7 Å². The standard InChI is InChI=1S/C21H23BrFN3OS2/c1-25(2)11-12-26(21-24-18-10-5-15(22)14-19(18)29-21)20(27)4-3-13-28-17-8-6-16(23)7-9-17/h5-10,14H,3-4,11-13H2,1-2H3. The highest BCUT2D eigenvalue weighted by atomic mass is 79.9. The van der Waals surface area contributed by atoms with Crippen LogP contribution in [0.5, 0.6) is 0 Å². The quantitative estimate of drug-likeness (QED) is 0.283. The second-order valence-corrected chi connectivity index (χ2v) is 9.96. The van der Waals surface area contributed by atoms with Crippen LogP contribution in [0.25, 0.3) is 10.2 Å². The summed E-state index contributed by atoms with van der Waals surface area (Å²) in [5.74, 6) is 0.666. The molecule has 0 saturated carbocycles. The third kappa shape index (κ3) is 6.50. The highest BCUT2D eigenvalue weighted by molar-refractivity contribution is 9.10. The Labute approximate surface area is 187 Å². The molecule has 3 rings (SSSR count). The number of amides is 1. The summed E-state index contributed by atoms with van der Waals surface area (Å²) in [6.45, 7) is 1.38. The molecule has 1 amide bonds. The fourth-order valence-electron chi connectivity index (χ4n) is 2.71. The normalized spacial score (nSPS) is 11.3. The smallest absolute Gasteiger partial charge is 0.228 e. The van der Waals surface area contributed by atoms with E-state index >= 15 is 0 Å². The van der Waals surface area contributed by atoms with Gasteiger partial charge in [-0.2, -0.15) is 0 Å². The van der Waals surface area contributed by atoms with E-state index in [0.717, 1.165) is 43.4 Å². The zero-order valence-corrected chi connectivity index (χ0v) is 19.6. The van der Waals surface area contributed by atoms with Gasteiger partial charge < -0.3 is 4.90 Å². The molecule has 0 atom stereocenters. The molecule has 29 heavy (non-hydrogen) atoms. The highest BCUT2D eigenvalue weighted by Gasteiger charge is 2.19. The summed E-state index contributed by atoms with van der Waals surface area (Å²) in [5.41, 5.74) is 0.905. The summed E-state index contributed by atoms with van der Waals surface area (Å²) < 4.78 is 15.1. The number of carbonyl (C=O) groups is 1. The number of benzene rings is 2. The van der Waals surface area contributed by atoms with E-state index in [1.54, 1.807) is 40.1 Å². The number of thioether (sulfide) groups is 1. The Bertz CT molecular complexity index is 962. The van der Waals surface area contributed by atoms with Crippen molar-refractivity contribution < 1.29 is 9.18 Å². The van der Waals surface area contributed by atoms with Gasteiger partial charge in [-0.25, -0.2) is 9.37 Å². The number of hydrogen-bond acceptors (Lipinski definition) is 5. The third-order valence-corrected chi connectivity index (χ3v) is 6.89. The lowest BCUT2D eigenvalue weighted by Crippen LogP contribution is -2.36. The van der Waals surface area contributed by atoms with Gasteiger partial charge in [0.15, 0.2) is 5.13 Å². The third-order valence-electron chi connectivity index (χ3n) is 4.26.